The smallest absolute Gasteiger partial charge is 0.314 e. The minimum atomic E-state index is -1.28. The van der Waals surface area contributed by atoms with Gasteiger partial charge in [-0.3, -0.25) is 4.79 Å². The van der Waals surface area contributed by atoms with Gasteiger partial charge in [0.1, 0.15) is 18.1 Å². The number of hydrogen-bond acceptors (Lipinski definition) is 6. The van der Waals surface area contributed by atoms with Crippen LogP contribution in [0.4, 0.5) is 0 Å². The van der Waals surface area contributed by atoms with Gasteiger partial charge in [0, 0.05) is 0 Å². The van der Waals surface area contributed by atoms with Gasteiger partial charge in [0.05, 0.1) is 25.4 Å². The van der Waals surface area contributed by atoms with Crippen molar-refractivity contribution in [3.63, 3.8) is 0 Å². The molecule has 6 nitrogen and oxygen atoms in total. The van der Waals surface area contributed by atoms with E-state index in [1.807, 2.05) is 0 Å². The van der Waals surface area contributed by atoms with Crippen molar-refractivity contribution in [1.29, 1.82) is 0 Å². The number of rotatable bonds is 3. The predicted molar refractivity (Wildman–Crippen MR) is 53.6 cm³/mol. The Kier molecular flexibility index (Phi) is 4.67. The molecule has 0 bridgehead atoms. The largest absolute Gasteiger partial charge is 0.466 e. The van der Waals surface area contributed by atoms with E-state index in [0.717, 1.165) is 0 Å². The fraction of sp³-hybridized carbons (Fsp3) is 0.900. The highest BCUT2D eigenvalue weighted by atomic mass is 16.6. The van der Waals surface area contributed by atoms with Crippen LogP contribution in [-0.2, 0) is 14.3 Å². The molecule has 0 amide bonds. The maximum absolute atomic E-state index is 11.5. The van der Waals surface area contributed by atoms with E-state index in [2.05, 4.69) is 0 Å². The molecule has 0 spiro atoms. The highest BCUT2D eigenvalue weighted by molar-refractivity contribution is 5.74. The summed E-state index contributed by atoms with van der Waals surface area (Å²) in [5.41, 5.74) is 0. The molecule has 2 unspecified atom stereocenters. The van der Waals surface area contributed by atoms with Gasteiger partial charge < -0.3 is 24.8 Å². The Morgan fingerprint density at radius 1 is 1.38 bits per heavy atom. The first-order valence-electron chi connectivity index (χ1n) is 5.32. The number of carbonyl (C=O) groups excluding carboxylic acids is 1. The summed E-state index contributed by atoms with van der Waals surface area (Å²) >= 11 is 0. The minimum absolute atomic E-state index is 0.203. The second-order valence-electron chi connectivity index (χ2n) is 3.82. The molecule has 0 aromatic rings. The molecule has 0 aliphatic carbocycles. The maximum Gasteiger partial charge on any atom is 0.314 e. The molecule has 0 aromatic carbocycles. The molecular formula is C10H18O6. The first-order valence-corrected chi connectivity index (χ1v) is 5.32. The molecule has 1 aliphatic heterocycles. The SMILES string of the molecule is CCOC(=O)[C@@H]1C(O)[C@H](O)C(CO)O[C@@H]1C. The molecule has 16 heavy (non-hydrogen) atoms. The average Bonchev–Trinajstić information content (AvgIpc) is 2.24. The molecule has 3 N–H and O–H groups in total. The molecule has 5 atom stereocenters. The number of hydrogen-bond donors (Lipinski definition) is 3. The van der Waals surface area contributed by atoms with E-state index in [-0.39, 0.29) is 6.61 Å². The van der Waals surface area contributed by atoms with E-state index < -0.39 is 42.9 Å². The molecule has 1 fully saturated rings. The highest BCUT2D eigenvalue weighted by Gasteiger charge is 2.46. The summed E-state index contributed by atoms with van der Waals surface area (Å²) in [4.78, 5) is 11.5. The van der Waals surface area contributed by atoms with E-state index in [4.69, 9.17) is 14.6 Å². The molecule has 0 saturated carbocycles. The van der Waals surface area contributed by atoms with Crippen molar-refractivity contribution in [2.75, 3.05) is 13.2 Å². The lowest BCUT2D eigenvalue weighted by Gasteiger charge is -2.39. The third-order valence-corrected chi connectivity index (χ3v) is 2.73. The quantitative estimate of drug-likeness (QED) is 0.523. The average molecular weight is 234 g/mol. The van der Waals surface area contributed by atoms with Crippen LogP contribution in [0.1, 0.15) is 13.8 Å². The zero-order valence-electron chi connectivity index (χ0n) is 9.37. The van der Waals surface area contributed by atoms with Crippen molar-refractivity contribution in [2.45, 2.75) is 38.3 Å². The molecule has 94 valence electrons. The minimum Gasteiger partial charge on any atom is -0.466 e. The lowest BCUT2D eigenvalue weighted by atomic mass is 9.87. The lowest BCUT2D eigenvalue weighted by molar-refractivity contribution is -0.214. The first kappa shape index (κ1) is 13.4. The van der Waals surface area contributed by atoms with Gasteiger partial charge in [-0.2, -0.15) is 0 Å². The van der Waals surface area contributed by atoms with Crippen molar-refractivity contribution in [3.05, 3.63) is 0 Å². The van der Waals surface area contributed by atoms with Crippen LogP contribution in [0.15, 0.2) is 0 Å². The van der Waals surface area contributed by atoms with Gasteiger partial charge in [-0.1, -0.05) is 0 Å². The normalized spacial score (nSPS) is 39.4. The van der Waals surface area contributed by atoms with Crippen LogP contribution >= 0.6 is 0 Å². The van der Waals surface area contributed by atoms with E-state index in [0.29, 0.717) is 0 Å². The standard InChI is InChI=1S/C10H18O6/c1-3-15-10(14)7-5(2)16-6(4-11)8(12)9(7)13/h5-9,11-13H,3-4H2,1-2H3/t5-,6?,7+,8-,9?/m1/s1. The van der Waals surface area contributed by atoms with Gasteiger partial charge in [0.25, 0.3) is 0 Å². The van der Waals surface area contributed by atoms with Crippen LogP contribution < -0.4 is 0 Å². The summed E-state index contributed by atoms with van der Waals surface area (Å²) in [7, 11) is 0. The van der Waals surface area contributed by atoms with Crippen molar-refractivity contribution in [3.8, 4) is 0 Å². The molecule has 0 aromatic heterocycles. The van der Waals surface area contributed by atoms with Gasteiger partial charge >= 0.3 is 5.97 Å². The zero-order chi connectivity index (χ0) is 12.3. The maximum atomic E-state index is 11.5. The molecular weight excluding hydrogens is 216 g/mol. The van der Waals surface area contributed by atoms with Crippen molar-refractivity contribution < 1.29 is 29.6 Å². The molecule has 1 saturated heterocycles. The van der Waals surface area contributed by atoms with E-state index >= 15 is 0 Å². The summed E-state index contributed by atoms with van der Waals surface area (Å²) in [6.45, 7) is 3.05. The number of aliphatic hydroxyl groups is 3. The lowest BCUT2D eigenvalue weighted by Crippen LogP contribution is -2.57. The Morgan fingerprint density at radius 3 is 2.50 bits per heavy atom. The van der Waals surface area contributed by atoms with Crippen LogP contribution in [0.25, 0.3) is 0 Å². The Labute approximate surface area is 93.8 Å². The topological polar surface area (TPSA) is 96.2 Å². The molecule has 6 heteroatoms. The summed E-state index contributed by atoms with van der Waals surface area (Å²) in [5, 5.41) is 28.3. The summed E-state index contributed by atoms with van der Waals surface area (Å²) < 4.78 is 10.0. The van der Waals surface area contributed by atoms with Gasteiger partial charge in [0.2, 0.25) is 0 Å². The Hall–Kier alpha value is -0.690. The Bertz CT molecular complexity index is 243. The van der Waals surface area contributed by atoms with Crippen LogP contribution in [0, 0.1) is 5.92 Å². The van der Waals surface area contributed by atoms with Gasteiger partial charge in [-0.05, 0) is 13.8 Å². The summed E-state index contributed by atoms with van der Waals surface area (Å²) in [6, 6.07) is 0. The Balaban J connectivity index is 2.75. The van der Waals surface area contributed by atoms with Crippen molar-refractivity contribution in [2.24, 2.45) is 5.92 Å². The van der Waals surface area contributed by atoms with Gasteiger partial charge in [-0.15, -0.1) is 0 Å². The van der Waals surface area contributed by atoms with Crippen molar-refractivity contribution >= 4 is 5.97 Å². The number of aliphatic hydroxyl groups excluding tert-OH is 3. The second kappa shape index (κ2) is 5.58. The van der Waals surface area contributed by atoms with E-state index in [1.54, 1.807) is 13.8 Å². The summed E-state index contributed by atoms with van der Waals surface area (Å²) in [6.07, 6.45) is -4.03. The van der Waals surface area contributed by atoms with Crippen molar-refractivity contribution in [1.82, 2.24) is 0 Å². The third-order valence-electron chi connectivity index (χ3n) is 2.73. The fourth-order valence-corrected chi connectivity index (χ4v) is 1.87. The first-order chi connectivity index (χ1) is 7.52. The highest BCUT2D eigenvalue weighted by Crippen LogP contribution is 2.27. The predicted octanol–water partition coefficient (Wildman–Crippen LogP) is -1.33. The van der Waals surface area contributed by atoms with Crippen LogP contribution in [-0.4, -0.2) is 58.9 Å². The van der Waals surface area contributed by atoms with Crippen LogP contribution in [0.3, 0.4) is 0 Å². The molecule has 1 heterocycles. The number of esters is 1. The van der Waals surface area contributed by atoms with Gasteiger partial charge in [0.15, 0.2) is 0 Å². The third kappa shape index (κ3) is 2.52. The van der Waals surface area contributed by atoms with Gasteiger partial charge in [-0.25, -0.2) is 0 Å². The molecule has 1 aliphatic rings. The number of ether oxygens (including phenoxy) is 2. The van der Waals surface area contributed by atoms with E-state index in [1.165, 1.54) is 0 Å². The fourth-order valence-electron chi connectivity index (χ4n) is 1.87. The van der Waals surface area contributed by atoms with Crippen LogP contribution in [0.2, 0.25) is 0 Å². The molecule has 1 rings (SSSR count). The molecule has 0 radical (unpaired) electrons. The zero-order valence-corrected chi connectivity index (χ0v) is 9.37. The van der Waals surface area contributed by atoms with Crippen LogP contribution in [0.5, 0.6) is 0 Å². The Morgan fingerprint density at radius 2 is 2.00 bits per heavy atom. The summed E-state index contributed by atoms with van der Waals surface area (Å²) in [5.74, 6) is -1.52. The van der Waals surface area contributed by atoms with E-state index in [9.17, 15) is 15.0 Å². The monoisotopic (exact) mass is 234 g/mol. The number of carbonyl (C=O) groups is 1. The second-order valence-corrected chi connectivity index (χ2v) is 3.82.